The van der Waals surface area contributed by atoms with Crippen molar-refractivity contribution in [3.05, 3.63) is 50.9 Å². The maximum absolute atomic E-state index is 11.8. The van der Waals surface area contributed by atoms with Gasteiger partial charge >= 0.3 is 5.69 Å². The zero-order chi connectivity index (χ0) is 13.8. The second kappa shape index (κ2) is 5.47. The van der Waals surface area contributed by atoms with Gasteiger partial charge in [-0.2, -0.15) is 0 Å². The molecule has 0 spiro atoms. The fourth-order valence-electron chi connectivity index (χ4n) is 1.68. The van der Waals surface area contributed by atoms with Crippen LogP contribution in [0.2, 0.25) is 0 Å². The minimum absolute atomic E-state index is 0.179. The fourth-order valence-corrected chi connectivity index (χ4v) is 1.68. The number of hydrogen-bond acceptors (Lipinski definition) is 5. The number of nitrogens with one attached hydrogen (secondary N) is 1. The molecule has 0 aliphatic carbocycles. The van der Waals surface area contributed by atoms with Crippen LogP contribution < -0.4 is 16.6 Å². The number of pyridine rings is 1. The van der Waals surface area contributed by atoms with E-state index in [0.717, 1.165) is 21.2 Å². The van der Waals surface area contributed by atoms with Gasteiger partial charge in [-0.05, 0) is 24.1 Å². The summed E-state index contributed by atoms with van der Waals surface area (Å²) in [5.41, 5.74) is 0.256. The smallest absolute Gasteiger partial charge is 0.346 e. The van der Waals surface area contributed by atoms with Crippen LogP contribution in [-0.4, -0.2) is 25.9 Å². The van der Waals surface area contributed by atoms with Crippen LogP contribution in [0, 0.1) is 0 Å². The highest BCUT2D eigenvalue weighted by Gasteiger charge is 2.07. The van der Waals surface area contributed by atoms with E-state index >= 15 is 0 Å². The van der Waals surface area contributed by atoms with E-state index in [1.165, 1.54) is 14.1 Å². The van der Waals surface area contributed by atoms with Crippen LogP contribution in [0.4, 0.5) is 5.82 Å². The van der Waals surface area contributed by atoms with Gasteiger partial charge in [-0.15, -0.1) is 5.10 Å². The fraction of sp³-hybridized carbons (Fsp3) is 0.333. The van der Waals surface area contributed by atoms with Crippen molar-refractivity contribution in [2.24, 2.45) is 14.1 Å². The molecule has 0 atom stereocenters. The van der Waals surface area contributed by atoms with Crippen molar-refractivity contribution in [3.8, 4) is 0 Å². The topological polar surface area (TPSA) is 81.8 Å². The van der Waals surface area contributed by atoms with Crippen LogP contribution in [0.3, 0.4) is 0 Å². The van der Waals surface area contributed by atoms with Crippen LogP contribution in [0.25, 0.3) is 0 Å². The minimum Gasteiger partial charge on any atom is -0.364 e. The molecule has 0 saturated heterocycles. The second-order valence-electron chi connectivity index (χ2n) is 4.15. The van der Waals surface area contributed by atoms with Crippen molar-refractivity contribution in [3.63, 3.8) is 0 Å². The number of aromatic nitrogens is 4. The van der Waals surface area contributed by atoms with Gasteiger partial charge in [-0.25, -0.2) is 9.48 Å². The molecule has 0 amide bonds. The molecule has 0 aliphatic rings. The molecule has 19 heavy (non-hydrogen) atoms. The van der Waals surface area contributed by atoms with Crippen LogP contribution in [-0.2, 0) is 20.5 Å². The number of anilines is 1. The monoisotopic (exact) mass is 261 g/mol. The Morgan fingerprint density at radius 3 is 2.58 bits per heavy atom. The van der Waals surface area contributed by atoms with E-state index in [1.807, 2.05) is 12.1 Å². The van der Waals surface area contributed by atoms with E-state index in [1.54, 1.807) is 12.4 Å². The number of rotatable bonds is 4. The molecule has 0 aliphatic heterocycles. The maximum Gasteiger partial charge on any atom is 0.346 e. The molecule has 2 rings (SSSR count). The van der Waals surface area contributed by atoms with E-state index in [-0.39, 0.29) is 5.82 Å². The van der Waals surface area contributed by atoms with Gasteiger partial charge in [-0.3, -0.25) is 14.3 Å². The van der Waals surface area contributed by atoms with E-state index in [2.05, 4.69) is 15.4 Å². The third-order valence-electron chi connectivity index (χ3n) is 2.78. The molecule has 2 aromatic heterocycles. The zero-order valence-electron chi connectivity index (χ0n) is 10.8. The van der Waals surface area contributed by atoms with Gasteiger partial charge in [-0.1, -0.05) is 0 Å². The van der Waals surface area contributed by atoms with Crippen LogP contribution in [0.5, 0.6) is 0 Å². The van der Waals surface area contributed by atoms with Crippen molar-refractivity contribution >= 4 is 5.82 Å². The first kappa shape index (κ1) is 13.0. The van der Waals surface area contributed by atoms with Crippen molar-refractivity contribution in [2.75, 3.05) is 11.9 Å². The average Bonchev–Trinajstić information content (AvgIpc) is 2.43. The third kappa shape index (κ3) is 2.87. The van der Waals surface area contributed by atoms with Gasteiger partial charge in [0, 0.05) is 33.0 Å². The lowest BCUT2D eigenvalue weighted by atomic mass is 10.2. The molecule has 1 N–H and O–H groups in total. The first-order chi connectivity index (χ1) is 9.09. The predicted molar refractivity (Wildman–Crippen MR) is 71.1 cm³/mol. The van der Waals surface area contributed by atoms with E-state index in [9.17, 15) is 9.59 Å². The van der Waals surface area contributed by atoms with Gasteiger partial charge in [0.25, 0.3) is 5.56 Å². The van der Waals surface area contributed by atoms with Crippen LogP contribution in [0.15, 0.2) is 34.1 Å². The van der Waals surface area contributed by atoms with Crippen LogP contribution >= 0.6 is 0 Å². The Morgan fingerprint density at radius 2 is 1.89 bits per heavy atom. The summed E-state index contributed by atoms with van der Waals surface area (Å²) in [6.07, 6.45) is 4.19. The molecule has 2 aromatic rings. The number of aryl methyl sites for hydroxylation is 1. The second-order valence-corrected chi connectivity index (χ2v) is 4.15. The molecule has 2 heterocycles. The summed E-state index contributed by atoms with van der Waals surface area (Å²) in [6.45, 7) is 0.560. The Bertz CT molecular complexity index is 675. The summed E-state index contributed by atoms with van der Waals surface area (Å²) in [5, 5.41) is 6.86. The Balaban J connectivity index is 2.09. The first-order valence-electron chi connectivity index (χ1n) is 5.86. The standard InChI is InChI=1S/C12H15N5O2/c1-16-11(18)10(15-17(2)12(16)19)14-8-5-9-3-6-13-7-4-9/h3-4,6-7H,5,8H2,1-2H3,(H,14,15). The quantitative estimate of drug-likeness (QED) is 0.804. The summed E-state index contributed by atoms with van der Waals surface area (Å²) < 4.78 is 2.16. The largest absolute Gasteiger partial charge is 0.364 e. The highest BCUT2D eigenvalue weighted by molar-refractivity contribution is 5.29. The van der Waals surface area contributed by atoms with Gasteiger partial charge in [0.15, 0.2) is 0 Å². The van der Waals surface area contributed by atoms with Crippen molar-refractivity contribution in [1.82, 2.24) is 19.3 Å². The van der Waals surface area contributed by atoms with Crippen LogP contribution in [0.1, 0.15) is 5.56 Å². The molecule has 0 radical (unpaired) electrons. The van der Waals surface area contributed by atoms with Gasteiger partial charge in [0.2, 0.25) is 5.82 Å². The predicted octanol–water partition coefficient (Wildman–Crippen LogP) is -0.471. The average molecular weight is 261 g/mol. The normalized spacial score (nSPS) is 10.4. The number of nitrogens with zero attached hydrogens (tertiary/aromatic N) is 4. The molecule has 100 valence electrons. The molecule has 0 bridgehead atoms. The van der Waals surface area contributed by atoms with Crippen molar-refractivity contribution in [1.29, 1.82) is 0 Å². The van der Waals surface area contributed by atoms with E-state index in [0.29, 0.717) is 6.54 Å². The SMILES string of the molecule is Cn1nc(NCCc2ccncc2)c(=O)n(C)c1=O. The van der Waals surface area contributed by atoms with Gasteiger partial charge < -0.3 is 5.32 Å². The molecular formula is C12H15N5O2. The highest BCUT2D eigenvalue weighted by Crippen LogP contribution is 1.98. The van der Waals surface area contributed by atoms with Gasteiger partial charge in [0.1, 0.15) is 0 Å². The maximum atomic E-state index is 11.8. The molecule has 7 nitrogen and oxygen atoms in total. The Kier molecular flexibility index (Phi) is 3.74. The highest BCUT2D eigenvalue weighted by atomic mass is 16.2. The summed E-state index contributed by atoms with van der Waals surface area (Å²) in [6, 6.07) is 3.82. The molecule has 0 aromatic carbocycles. The lowest BCUT2D eigenvalue weighted by Crippen LogP contribution is -2.40. The summed E-state index contributed by atoms with van der Waals surface area (Å²) in [7, 11) is 2.94. The molecule has 0 fully saturated rings. The minimum atomic E-state index is -0.440. The Morgan fingerprint density at radius 1 is 1.21 bits per heavy atom. The molecular weight excluding hydrogens is 246 g/mol. The van der Waals surface area contributed by atoms with E-state index < -0.39 is 11.2 Å². The van der Waals surface area contributed by atoms with Crippen molar-refractivity contribution < 1.29 is 0 Å². The summed E-state index contributed by atoms with van der Waals surface area (Å²) in [4.78, 5) is 27.2. The zero-order valence-corrected chi connectivity index (χ0v) is 10.8. The summed E-state index contributed by atoms with van der Waals surface area (Å²) in [5.74, 6) is 0.179. The Hall–Kier alpha value is -2.44. The molecule has 0 saturated carbocycles. The third-order valence-corrected chi connectivity index (χ3v) is 2.78. The lowest BCUT2D eigenvalue weighted by molar-refractivity contribution is 0.604. The lowest BCUT2D eigenvalue weighted by Gasteiger charge is -2.07. The molecule has 0 unspecified atom stereocenters. The van der Waals surface area contributed by atoms with E-state index in [4.69, 9.17) is 0 Å². The molecule has 7 heteroatoms. The summed E-state index contributed by atoms with van der Waals surface area (Å²) >= 11 is 0. The Labute approximate surface area is 109 Å². The van der Waals surface area contributed by atoms with Crippen molar-refractivity contribution in [2.45, 2.75) is 6.42 Å². The number of hydrogen-bond donors (Lipinski definition) is 1. The van der Waals surface area contributed by atoms with Gasteiger partial charge in [0.05, 0.1) is 0 Å². The first-order valence-corrected chi connectivity index (χ1v) is 5.86.